The fraction of sp³-hybridized carbons (Fsp3) is 0.682. The van der Waals surface area contributed by atoms with Gasteiger partial charge >= 0.3 is 0 Å². The first kappa shape index (κ1) is 25.4. The summed E-state index contributed by atoms with van der Waals surface area (Å²) in [6.07, 6.45) is 2.14. The minimum Gasteiger partial charge on any atom is -0.357 e. The van der Waals surface area contributed by atoms with Crippen LogP contribution in [0.3, 0.4) is 0 Å². The Morgan fingerprint density at radius 2 is 1.90 bits per heavy atom. The van der Waals surface area contributed by atoms with Gasteiger partial charge in [-0.1, -0.05) is 31.2 Å². The van der Waals surface area contributed by atoms with Crippen molar-refractivity contribution >= 4 is 39.8 Å². The van der Waals surface area contributed by atoms with Crippen molar-refractivity contribution in [1.82, 2.24) is 15.1 Å². The molecule has 2 heterocycles. The molecule has 1 atom stereocenters. The van der Waals surface area contributed by atoms with Crippen molar-refractivity contribution < 1.29 is 8.42 Å². The van der Waals surface area contributed by atoms with Crippen molar-refractivity contribution in [3.63, 3.8) is 0 Å². The molecule has 0 bridgehead atoms. The van der Waals surface area contributed by atoms with Crippen LogP contribution in [0.2, 0.25) is 0 Å². The number of hydrogen-bond donors (Lipinski definition) is 1. The Morgan fingerprint density at radius 1 is 1.20 bits per heavy atom. The average Bonchev–Trinajstić information content (AvgIpc) is 2.69. The van der Waals surface area contributed by atoms with Gasteiger partial charge in [-0.3, -0.25) is 9.89 Å². The maximum absolute atomic E-state index is 12.4. The summed E-state index contributed by atoms with van der Waals surface area (Å²) in [5.41, 5.74) is 2.89. The molecule has 1 saturated heterocycles. The van der Waals surface area contributed by atoms with E-state index < -0.39 is 14.6 Å². The minimum absolute atomic E-state index is 0. The van der Waals surface area contributed by atoms with Crippen LogP contribution < -0.4 is 5.32 Å². The maximum Gasteiger partial charge on any atom is 0.194 e. The highest BCUT2D eigenvalue weighted by Crippen LogP contribution is 2.24. The van der Waals surface area contributed by atoms with Gasteiger partial charge in [-0.2, -0.15) is 0 Å². The van der Waals surface area contributed by atoms with Gasteiger partial charge in [0.25, 0.3) is 0 Å². The average molecular weight is 549 g/mol. The van der Waals surface area contributed by atoms with Crippen LogP contribution >= 0.6 is 24.0 Å². The molecule has 1 N–H and O–H groups in total. The smallest absolute Gasteiger partial charge is 0.194 e. The molecule has 2 aliphatic heterocycles. The lowest BCUT2D eigenvalue weighted by molar-refractivity contribution is 0.178. The molecule has 6 nitrogen and oxygen atoms in total. The van der Waals surface area contributed by atoms with Crippen molar-refractivity contribution in [3.05, 3.63) is 35.4 Å². The van der Waals surface area contributed by atoms with E-state index in [0.717, 1.165) is 45.0 Å². The lowest BCUT2D eigenvalue weighted by atomic mass is 9.98. The lowest BCUT2D eigenvalue weighted by Gasteiger charge is -2.39. The van der Waals surface area contributed by atoms with Crippen LogP contribution in [0.5, 0.6) is 0 Å². The first-order valence-electron chi connectivity index (χ1n) is 10.8. The second-order valence-electron chi connectivity index (χ2n) is 8.75. The van der Waals surface area contributed by atoms with Crippen LogP contribution in [-0.2, 0) is 22.8 Å². The summed E-state index contributed by atoms with van der Waals surface area (Å²) in [5, 5.41) is 3.38. The van der Waals surface area contributed by atoms with Gasteiger partial charge in [-0.05, 0) is 44.7 Å². The summed E-state index contributed by atoms with van der Waals surface area (Å²) in [6.45, 7) is 12.5. The van der Waals surface area contributed by atoms with E-state index in [-0.39, 0.29) is 29.7 Å². The summed E-state index contributed by atoms with van der Waals surface area (Å²) in [5.74, 6) is 1.02. The quantitative estimate of drug-likeness (QED) is 0.349. The predicted molar refractivity (Wildman–Crippen MR) is 135 cm³/mol. The number of aliphatic imine (C=N–C) groups is 1. The second kappa shape index (κ2) is 10.6. The fourth-order valence-electron chi connectivity index (χ4n) is 4.27. The summed E-state index contributed by atoms with van der Waals surface area (Å²) >= 11 is 0. The van der Waals surface area contributed by atoms with E-state index in [1.807, 2.05) is 13.8 Å². The van der Waals surface area contributed by atoms with E-state index in [2.05, 4.69) is 53.2 Å². The van der Waals surface area contributed by atoms with Gasteiger partial charge in [0.2, 0.25) is 0 Å². The Hall–Kier alpha value is -0.870. The van der Waals surface area contributed by atoms with E-state index in [1.54, 1.807) is 0 Å². The van der Waals surface area contributed by atoms with Crippen LogP contribution in [0, 0.1) is 0 Å². The van der Waals surface area contributed by atoms with Crippen molar-refractivity contribution in [3.8, 4) is 0 Å². The highest BCUT2D eigenvalue weighted by molar-refractivity contribution is 14.0. The molecule has 30 heavy (non-hydrogen) atoms. The summed E-state index contributed by atoms with van der Waals surface area (Å²) in [4.78, 5) is 9.60. The maximum atomic E-state index is 12.4. The largest absolute Gasteiger partial charge is 0.357 e. The molecule has 2 aliphatic rings. The van der Waals surface area contributed by atoms with Gasteiger partial charge in [-0.25, -0.2) is 8.42 Å². The van der Waals surface area contributed by atoms with Gasteiger partial charge in [0.05, 0.1) is 17.0 Å². The van der Waals surface area contributed by atoms with Crippen LogP contribution in [0.15, 0.2) is 29.3 Å². The molecule has 1 aromatic carbocycles. The van der Waals surface area contributed by atoms with Crippen molar-refractivity contribution in [2.75, 3.05) is 38.5 Å². The molecule has 0 aliphatic carbocycles. The number of rotatable bonds is 5. The Kier molecular flexibility index (Phi) is 9.00. The zero-order chi connectivity index (χ0) is 21.1. The highest BCUT2D eigenvalue weighted by Gasteiger charge is 2.41. The third kappa shape index (κ3) is 5.68. The van der Waals surface area contributed by atoms with E-state index in [1.165, 1.54) is 11.1 Å². The van der Waals surface area contributed by atoms with Gasteiger partial charge in [0.15, 0.2) is 15.8 Å². The molecule has 8 heteroatoms. The summed E-state index contributed by atoms with van der Waals surface area (Å²) < 4.78 is 24.0. The molecule has 1 fully saturated rings. The number of hydrogen-bond acceptors (Lipinski definition) is 4. The normalized spacial score (nSPS) is 22.0. The minimum atomic E-state index is -3.06. The molecule has 3 rings (SSSR count). The topological polar surface area (TPSA) is 65.0 Å². The van der Waals surface area contributed by atoms with Crippen molar-refractivity contribution in [2.45, 2.75) is 57.9 Å². The van der Waals surface area contributed by atoms with Gasteiger partial charge in [0.1, 0.15) is 0 Å². The van der Waals surface area contributed by atoms with E-state index >= 15 is 0 Å². The van der Waals surface area contributed by atoms with Crippen LogP contribution in [-0.4, -0.2) is 73.4 Å². The SMILES string of the molecule is CCNC(=NCC(CC)N1CCc2ccccc2C1)N1CCS(=O)(=O)C(C)(C)C1.I. The van der Waals surface area contributed by atoms with Gasteiger partial charge < -0.3 is 10.2 Å². The first-order chi connectivity index (χ1) is 13.8. The molecule has 1 aromatic rings. The first-order valence-corrected chi connectivity index (χ1v) is 12.5. The molecule has 0 spiro atoms. The Morgan fingerprint density at radius 3 is 2.53 bits per heavy atom. The summed E-state index contributed by atoms with van der Waals surface area (Å²) in [7, 11) is -3.06. The molecule has 170 valence electrons. The molecule has 0 amide bonds. The Balaban J connectivity index is 0.00000320. The third-order valence-corrected chi connectivity index (χ3v) is 8.81. The molecular weight excluding hydrogens is 511 g/mol. The Bertz CT molecular complexity index is 841. The molecule has 1 unspecified atom stereocenters. The fourth-order valence-corrected chi connectivity index (χ4v) is 5.64. The van der Waals surface area contributed by atoms with Crippen LogP contribution in [0.1, 0.15) is 45.2 Å². The van der Waals surface area contributed by atoms with E-state index in [4.69, 9.17) is 4.99 Å². The zero-order valence-electron chi connectivity index (χ0n) is 18.7. The van der Waals surface area contributed by atoms with Crippen LogP contribution in [0.4, 0.5) is 0 Å². The van der Waals surface area contributed by atoms with Crippen molar-refractivity contribution in [2.24, 2.45) is 4.99 Å². The lowest BCUT2D eigenvalue weighted by Crippen LogP contribution is -2.57. The number of fused-ring (bicyclic) bond motifs is 1. The Labute approximate surface area is 199 Å². The molecular formula is C22H37IN4O2S. The van der Waals surface area contributed by atoms with Crippen molar-refractivity contribution in [1.29, 1.82) is 0 Å². The standard InChI is InChI=1S/C22H36N4O2S.HI/c1-5-20(25-12-11-18-9-7-8-10-19(18)16-25)15-24-21(23-6-2)26-13-14-29(27,28)22(3,4)17-26;/h7-10,20H,5-6,11-17H2,1-4H3,(H,23,24);1H. The predicted octanol–water partition coefficient (Wildman–Crippen LogP) is 2.92. The zero-order valence-corrected chi connectivity index (χ0v) is 21.9. The third-order valence-electron chi connectivity index (χ3n) is 6.28. The molecule has 0 radical (unpaired) electrons. The number of halogens is 1. The number of guanidine groups is 1. The number of nitrogens with zero attached hydrogens (tertiary/aromatic N) is 3. The number of nitrogens with one attached hydrogen (secondary N) is 1. The highest BCUT2D eigenvalue weighted by atomic mass is 127. The van der Waals surface area contributed by atoms with E-state index in [9.17, 15) is 8.42 Å². The number of sulfone groups is 1. The van der Waals surface area contributed by atoms with Gasteiger partial charge in [0, 0.05) is 38.8 Å². The monoisotopic (exact) mass is 548 g/mol. The molecule has 0 aromatic heterocycles. The van der Waals surface area contributed by atoms with E-state index in [0.29, 0.717) is 19.1 Å². The second-order valence-corrected chi connectivity index (χ2v) is 11.5. The summed E-state index contributed by atoms with van der Waals surface area (Å²) in [6, 6.07) is 9.10. The van der Waals surface area contributed by atoms with Crippen LogP contribution in [0.25, 0.3) is 0 Å². The number of benzene rings is 1. The molecule has 0 saturated carbocycles. The van der Waals surface area contributed by atoms with Gasteiger partial charge in [-0.15, -0.1) is 24.0 Å².